The molecule has 0 saturated carbocycles. The molecule has 0 aromatic carbocycles. The molecule has 0 aliphatic carbocycles. The van der Waals surface area contributed by atoms with E-state index in [1.165, 1.54) is 19.4 Å². The Labute approximate surface area is 95.4 Å². The summed E-state index contributed by atoms with van der Waals surface area (Å²) in [4.78, 5) is 2.69. The Morgan fingerprint density at radius 3 is 2.47 bits per heavy atom. The average Bonchev–Trinajstić information content (AvgIpc) is 2.53. The van der Waals surface area contributed by atoms with Crippen molar-refractivity contribution in [2.24, 2.45) is 5.92 Å². The van der Waals surface area contributed by atoms with Gasteiger partial charge in [0.1, 0.15) is 0 Å². The second kappa shape index (κ2) is 5.31. The lowest BCUT2D eigenvalue weighted by Crippen LogP contribution is -2.48. The summed E-state index contributed by atoms with van der Waals surface area (Å²) in [5, 5.41) is 3.45. The molecule has 0 aromatic heterocycles. The Hall–Kier alpha value is -0.0800. The smallest absolute Gasteiger partial charge is 0.0156 e. The van der Waals surface area contributed by atoms with E-state index in [-0.39, 0.29) is 0 Å². The van der Waals surface area contributed by atoms with E-state index in [0.29, 0.717) is 11.6 Å². The number of nitrogens with zero attached hydrogens (tertiary/aromatic N) is 1. The maximum atomic E-state index is 3.45. The van der Waals surface area contributed by atoms with E-state index >= 15 is 0 Å². The van der Waals surface area contributed by atoms with Crippen molar-refractivity contribution in [1.82, 2.24) is 10.2 Å². The van der Waals surface area contributed by atoms with Crippen molar-refractivity contribution in [1.29, 1.82) is 0 Å². The van der Waals surface area contributed by atoms with Gasteiger partial charge >= 0.3 is 0 Å². The summed E-state index contributed by atoms with van der Waals surface area (Å²) in [6.45, 7) is 15.2. The third-order valence-corrected chi connectivity index (χ3v) is 4.00. The Bertz CT molecular complexity index is 189. The van der Waals surface area contributed by atoms with Crippen molar-refractivity contribution in [3.63, 3.8) is 0 Å². The van der Waals surface area contributed by atoms with Crippen molar-refractivity contribution in [3.8, 4) is 0 Å². The van der Waals surface area contributed by atoms with Crippen molar-refractivity contribution >= 4 is 0 Å². The minimum Gasteiger partial charge on any atom is -0.317 e. The molecule has 1 N–H and O–H groups in total. The highest BCUT2D eigenvalue weighted by Gasteiger charge is 2.36. The zero-order valence-corrected chi connectivity index (χ0v) is 11.1. The highest BCUT2D eigenvalue weighted by Crippen LogP contribution is 2.32. The Morgan fingerprint density at radius 1 is 1.33 bits per heavy atom. The van der Waals surface area contributed by atoms with Gasteiger partial charge in [-0.15, -0.1) is 0 Å². The monoisotopic (exact) mass is 212 g/mol. The summed E-state index contributed by atoms with van der Waals surface area (Å²) in [6.07, 6.45) is 2.72. The third kappa shape index (κ3) is 3.18. The molecule has 1 saturated heterocycles. The fraction of sp³-hybridized carbons (Fsp3) is 1.00. The maximum absolute atomic E-state index is 3.45. The summed E-state index contributed by atoms with van der Waals surface area (Å²) in [6, 6.07) is 0.696. The molecule has 1 rings (SSSR count). The van der Waals surface area contributed by atoms with Crippen LogP contribution < -0.4 is 5.32 Å². The Kier molecular flexibility index (Phi) is 4.60. The topological polar surface area (TPSA) is 15.3 Å². The molecule has 1 aliphatic heterocycles. The van der Waals surface area contributed by atoms with Crippen LogP contribution in [0.15, 0.2) is 0 Å². The van der Waals surface area contributed by atoms with Crippen LogP contribution in [0.4, 0.5) is 0 Å². The number of likely N-dealkylation sites (tertiary alicyclic amines) is 1. The molecule has 2 atom stereocenters. The summed E-state index contributed by atoms with van der Waals surface area (Å²) in [5.41, 5.74) is 0.417. The molecule has 1 heterocycles. The molecule has 0 bridgehead atoms. The van der Waals surface area contributed by atoms with E-state index in [0.717, 1.165) is 19.0 Å². The van der Waals surface area contributed by atoms with Crippen LogP contribution in [0.5, 0.6) is 0 Å². The normalized spacial score (nSPS) is 25.4. The SMILES string of the molecule is CCNCC(C)C(C)N1CCCC1(C)C. The molecule has 0 spiro atoms. The zero-order valence-electron chi connectivity index (χ0n) is 11.1. The lowest BCUT2D eigenvalue weighted by molar-refractivity contribution is 0.0919. The largest absolute Gasteiger partial charge is 0.317 e. The molecule has 0 aromatic rings. The predicted molar refractivity (Wildman–Crippen MR) is 67.2 cm³/mol. The van der Waals surface area contributed by atoms with Gasteiger partial charge in [0.2, 0.25) is 0 Å². The average molecular weight is 212 g/mol. The molecule has 1 fully saturated rings. The van der Waals surface area contributed by atoms with Crippen molar-refractivity contribution in [2.45, 2.75) is 59.0 Å². The lowest BCUT2D eigenvalue weighted by Gasteiger charge is -2.39. The maximum Gasteiger partial charge on any atom is 0.0156 e. The van der Waals surface area contributed by atoms with Crippen LogP contribution in [0.1, 0.15) is 47.5 Å². The molecular weight excluding hydrogens is 184 g/mol. The van der Waals surface area contributed by atoms with Gasteiger partial charge in [-0.2, -0.15) is 0 Å². The lowest BCUT2D eigenvalue weighted by atomic mass is 9.96. The van der Waals surface area contributed by atoms with Crippen molar-refractivity contribution in [2.75, 3.05) is 19.6 Å². The number of hydrogen-bond acceptors (Lipinski definition) is 2. The van der Waals surface area contributed by atoms with Crippen LogP contribution >= 0.6 is 0 Å². The number of hydrogen-bond donors (Lipinski definition) is 1. The van der Waals surface area contributed by atoms with E-state index in [1.54, 1.807) is 0 Å². The van der Waals surface area contributed by atoms with Gasteiger partial charge in [-0.25, -0.2) is 0 Å². The van der Waals surface area contributed by atoms with Crippen LogP contribution in [0.25, 0.3) is 0 Å². The molecule has 2 heteroatoms. The summed E-state index contributed by atoms with van der Waals surface area (Å²) in [7, 11) is 0. The third-order valence-electron chi connectivity index (χ3n) is 4.00. The standard InChI is InChI=1S/C13H28N2/c1-6-14-10-11(2)12(3)15-9-7-8-13(15,4)5/h11-12,14H,6-10H2,1-5H3. The first-order valence-corrected chi connectivity index (χ1v) is 6.46. The van der Waals surface area contributed by atoms with E-state index in [4.69, 9.17) is 0 Å². The van der Waals surface area contributed by atoms with Gasteiger partial charge in [0, 0.05) is 11.6 Å². The van der Waals surface area contributed by atoms with Gasteiger partial charge in [-0.05, 0) is 59.2 Å². The quantitative estimate of drug-likeness (QED) is 0.753. The van der Waals surface area contributed by atoms with Gasteiger partial charge in [0.15, 0.2) is 0 Å². The minimum absolute atomic E-state index is 0.417. The van der Waals surface area contributed by atoms with Gasteiger partial charge < -0.3 is 5.32 Å². The zero-order chi connectivity index (χ0) is 11.5. The fourth-order valence-electron chi connectivity index (χ4n) is 2.73. The van der Waals surface area contributed by atoms with Crippen LogP contribution in [-0.2, 0) is 0 Å². The van der Waals surface area contributed by atoms with E-state index in [2.05, 4.69) is 44.8 Å². The van der Waals surface area contributed by atoms with Crippen LogP contribution in [0.2, 0.25) is 0 Å². The highest BCUT2D eigenvalue weighted by molar-refractivity contribution is 4.92. The summed E-state index contributed by atoms with van der Waals surface area (Å²) in [5.74, 6) is 0.738. The molecule has 90 valence electrons. The Morgan fingerprint density at radius 2 is 2.00 bits per heavy atom. The van der Waals surface area contributed by atoms with Crippen molar-refractivity contribution < 1.29 is 0 Å². The van der Waals surface area contributed by atoms with E-state index < -0.39 is 0 Å². The summed E-state index contributed by atoms with van der Waals surface area (Å²) >= 11 is 0. The van der Waals surface area contributed by atoms with Crippen LogP contribution in [0.3, 0.4) is 0 Å². The Balaban J connectivity index is 2.48. The first-order chi connectivity index (χ1) is 6.99. The van der Waals surface area contributed by atoms with Gasteiger partial charge in [0.25, 0.3) is 0 Å². The van der Waals surface area contributed by atoms with Gasteiger partial charge in [-0.3, -0.25) is 4.90 Å². The summed E-state index contributed by atoms with van der Waals surface area (Å²) < 4.78 is 0. The second-order valence-corrected chi connectivity index (χ2v) is 5.63. The highest BCUT2D eigenvalue weighted by atomic mass is 15.2. The molecule has 0 amide bonds. The fourth-order valence-corrected chi connectivity index (χ4v) is 2.73. The molecule has 15 heavy (non-hydrogen) atoms. The van der Waals surface area contributed by atoms with Crippen LogP contribution in [0, 0.1) is 5.92 Å². The molecule has 1 aliphatic rings. The molecule has 0 radical (unpaired) electrons. The van der Waals surface area contributed by atoms with E-state index in [1.807, 2.05) is 0 Å². The first kappa shape index (κ1) is 13.0. The molecular formula is C13H28N2. The number of rotatable bonds is 5. The van der Waals surface area contributed by atoms with Crippen molar-refractivity contribution in [3.05, 3.63) is 0 Å². The first-order valence-electron chi connectivity index (χ1n) is 6.46. The predicted octanol–water partition coefficient (Wildman–Crippen LogP) is 2.49. The van der Waals surface area contributed by atoms with Gasteiger partial charge in [0.05, 0.1) is 0 Å². The van der Waals surface area contributed by atoms with E-state index in [9.17, 15) is 0 Å². The van der Waals surface area contributed by atoms with Crippen LogP contribution in [-0.4, -0.2) is 36.1 Å². The second-order valence-electron chi connectivity index (χ2n) is 5.63. The van der Waals surface area contributed by atoms with Gasteiger partial charge in [-0.1, -0.05) is 13.8 Å². The molecule has 2 nitrogen and oxygen atoms in total. The minimum atomic E-state index is 0.417. The number of nitrogens with one attached hydrogen (secondary N) is 1. The molecule has 2 unspecified atom stereocenters.